The van der Waals surface area contributed by atoms with Crippen molar-refractivity contribution in [2.45, 2.75) is 40.0 Å². The molecule has 0 unspecified atom stereocenters. The third-order valence-electron chi connectivity index (χ3n) is 2.86. The number of rotatable bonds is 8. The van der Waals surface area contributed by atoms with Gasteiger partial charge in [-0.25, -0.2) is 0 Å². The lowest BCUT2D eigenvalue weighted by molar-refractivity contribution is 0.131. The molecule has 0 saturated heterocycles. The van der Waals surface area contributed by atoms with Crippen LogP contribution in [0, 0.1) is 25.2 Å². The zero-order chi connectivity index (χ0) is 14.1. The van der Waals surface area contributed by atoms with Gasteiger partial charge >= 0.3 is 0 Å². The maximum atomic E-state index is 9.14. The molecule has 0 bridgehead atoms. The van der Waals surface area contributed by atoms with Crippen LogP contribution >= 0.6 is 0 Å². The first-order valence-corrected chi connectivity index (χ1v) is 6.89. The second kappa shape index (κ2) is 8.49. The Labute approximate surface area is 115 Å². The van der Waals surface area contributed by atoms with Crippen LogP contribution in [-0.4, -0.2) is 24.7 Å². The largest absolute Gasteiger partial charge is 0.384 e. The number of pyridine rings is 1. The SMILES string of the molecule is CCCCOCCCNc1cc(C)nc(C)c1C#N. The summed E-state index contributed by atoms with van der Waals surface area (Å²) < 4.78 is 5.50. The van der Waals surface area contributed by atoms with E-state index in [9.17, 15) is 0 Å². The van der Waals surface area contributed by atoms with Gasteiger partial charge in [0.15, 0.2) is 0 Å². The molecule has 0 aliphatic heterocycles. The molecule has 1 heterocycles. The lowest BCUT2D eigenvalue weighted by atomic mass is 10.1. The number of nitrogens with one attached hydrogen (secondary N) is 1. The predicted octanol–water partition coefficient (Wildman–Crippen LogP) is 3.19. The van der Waals surface area contributed by atoms with Crippen LogP contribution in [-0.2, 0) is 4.74 Å². The number of hydrogen-bond acceptors (Lipinski definition) is 4. The van der Waals surface area contributed by atoms with Crippen LogP contribution < -0.4 is 5.32 Å². The summed E-state index contributed by atoms with van der Waals surface area (Å²) in [7, 11) is 0. The smallest absolute Gasteiger partial charge is 0.103 e. The summed E-state index contributed by atoms with van der Waals surface area (Å²) in [6.45, 7) is 8.37. The van der Waals surface area contributed by atoms with Gasteiger partial charge in [0.2, 0.25) is 0 Å². The highest BCUT2D eigenvalue weighted by atomic mass is 16.5. The van der Waals surface area contributed by atoms with E-state index in [2.05, 4.69) is 23.3 Å². The number of aromatic nitrogens is 1. The van der Waals surface area contributed by atoms with E-state index >= 15 is 0 Å². The second-order valence-electron chi connectivity index (χ2n) is 4.63. The van der Waals surface area contributed by atoms with Gasteiger partial charge in [-0.3, -0.25) is 4.98 Å². The molecule has 1 aromatic rings. The fourth-order valence-electron chi connectivity index (χ4n) is 1.85. The third-order valence-corrected chi connectivity index (χ3v) is 2.86. The van der Waals surface area contributed by atoms with E-state index in [0.717, 1.165) is 49.7 Å². The monoisotopic (exact) mass is 261 g/mol. The molecule has 0 fully saturated rings. The van der Waals surface area contributed by atoms with E-state index < -0.39 is 0 Å². The van der Waals surface area contributed by atoms with Gasteiger partial charge in [0.1, 0.15) is 6.07 Å². The van der Waals surface area contributed by atoms with Crippen molar-refractivity contribution in [3.63, 3.8) is 0 Å². The van der Waals surface area contributed by atoms with E-state index in [4.69, 9.17) is 10.00 Å². The molecule has 0 spiro atoms. The highest BCUT2D eigenvalue weighted by Gasteiger charge is 2.07. The lowest BCUT2D eigenvalue weighted by Gasteiger charge is -2.11. The molecule has 0 atom stereocenters. The van der Waals surface area contributed by atoms with Crippen LogP contribution in [0.5, 0.6) is 0 Å². The average Bonchev–Trinajstić information content (AvgIpc) is 2.37. The summed E-state index contributed by atoms with van der Waals surface area (Å²) in [6, 6.07) is 4.12. The second-order valence-corrected chi connectivity index (χ2v) is 4.63. The van der Waals surface area contributed by atoms with Crippen molar-refractivity contribution >= 4 is 5.69 Å². The van der Waals surface area contributed by atoms with Crippen LogP contribution in [0.2, 0.25) is 0 Å². The van der Waals surface area contributed by atoms with Gasteiger partial charge in [-0.1, -0.05) is 13.3 Å². The van der Waals surface area contributed by atoms with E-state index in [1.54, 1.807) is 0 Å². The van der Waals surface area contributed by atoms with Gasteiger partial charge in [-0.05, 0) is 32.8 Å². The highest BCUT2D eigenvalue weighted by Crippen LogP contribution is 2.18. The molecule has 1 aromatic heterocycles. The molecule has 0 aromatic carbocycles. The number of hydrogen-bond donors (Lipinski definition) is 1. The summed E-state index contributed by atoms with van der Waals surface area (Å²) in [5.41, 5.74) is 3.22. The number of nitrogens with zero attached hydrogens (tertiary/aromatic N) is 2. The quantitative estimate of drug-likeness (QED) is 0.730. The molecular formula is C15H23N3O. The highest BCUT2D eigenvalue weighted by molar-refractivity contribution is 5.59. The minimum absolute atomic E-state index is 0.637. The lowest BCUT2D eigenvalue weighted by Crippen LogP contribution is -2.09. The standard InChI is InChI=1S/C15H23N3O/c1-4-5-8-19-9-6-7-17-15-10-12(2)18-13(3)14(15)11-16/h10H,4-9H2,1-3H3,(H,17,18). The van der Waals surface area contributed by atoms with E-state index in [1.807, 2.05) is 19.9 Å². The molecule has 0 aliphatic carbocycles. The molecule has 4 nitrogen and oxygen atoms in total. The van der Waals surface area contributed by atoms with Crippen molar-refractivity contribution in [3.8, 4) is 6.07 Å². The van der Waals surface area contributed by atoms with Crippen molar-refractivity contribution < 1.29 is 4.74 Å². The normalized spacial score (nSPS) is 10.2. The van der Waals surface area contributed by atoms with Crippen molar-refractivity contribution in [1.82, 2.24) is 4.98 Å². The third kappa shape index (κ3) is 5.27. The Kier molecular flexibility index (Phi) is 6.91. The van der Waals surface area contributed by atoms with Crippen molar-refractivity contribution in [2.75, 3.05) is 25.1 Å². The van der Waals surface area contributed by atoms with Crippen LogP contribution in [0.25, 0.3) is 0 Å². The molecule has 4 heteroatoms. The molecular weight excluding hydrogens is 238 g/mol. The van der Waals surface area contributed by atoms with E-state index in [-0.39, 0.29) is 0 Å². The summed E-state index contributed by atoms with van der Waals surface area (Å²) in [6.07, 6.45) is 3.23. The number of anilines is 1. The van der Waals surface area contributed by atoms with Gasteiger partial charge in [0.25, 0.3) is 0 Å². The molecule has 104 valence electrons. The fourth-order valence-corrected chi connectivity index (χ4v) is 1.85. The van der Waals surface area contributed by atoms with E-state index in [1.165, 1.54) is 6.42 Å². The molecule has 0 aliphatic rings. The average molecular weight is 261 g/mol. The minimum atomic E-state index is 0.637. The first-order valence-electron chi connectivity index (χ1n) is 6.89. The fraction of sp³-hybridized carbons (Fsp3) is 0.600. The van der Waals surface area contributed by atoms with Crippen LogP contribution in [0.15, 0.2) is 6.07 Å². The Hall–Kier alpha value is -1.60. The van der Waals surface area contributed by atoms with Crippen molar-refractivity contribution in [1.29, 1.82) is 5.26 Å². The predicted molar refractivity (Wildman–Crippen MR) is 77.3 cm³/mol. The Morgan fingerprint density at radius 1 is 1.32 bits per heavy atom. The van der Waals surface area contributed by atoms with Gasteiger partial charge in [-0.15, -0.1) is 0 Å². The first kappa shape index (κ1) is 15.5. The Morgan fingerprint density at radius 2 is 2.05 bits per heavy atom. The molecule has 0 radical (unpaired) electrons. The van der Waals surface area contributed by atoms with Gasteiger partial charge in [-0.2, -0.15) is 5.26 Å². The van der Waals surface area contributed by atoms with Gasteiger partial charge in [0, 0.05) is 25.5 Å². The molecule has 0 saturated carbocycles. The number of aryl methyl sites for hydroxylation is 2. The van der Waals surface area contributed by atoms with E-state index in [0.29, 0.717) is 5.56 Å². The summed E-state index contributed by atoms with van der Waals surface area (Å²) >= 11 is 0. The number of unbranched alkanes of at least 4 members (excludes halogenated alkanes) is 1. The number of ether oxygens (including phenoxy) is 1. The Morgan fingerprint density at radius 3 is 2.74 bits per heavy atom. The van der Waals surface area contributed by atoms with Crippen LogP contribution in [0.3, 0.4) is 0 Å². The minimum Gasteiger partial charge on any atom is -0.384 e. The van der Waals surface area contributed by atoms with Gasteiger partial charge < -0.3 is 10.1 Å². The zero-order valence-electron chi connectivity index (χ0n) is 12.1. The zero-order valence-corrected chi connectivity index (χ0v) is 12.1. The van der Waals surface area contributed by atoms with Gasteiger partial charge in [0.05, 0.1) is 16.9 Å². The summed E-state index contributed by atoms with van der Waals surface area (Å²) in [5, 5.41) is 12.4. The van der Waals surface area contributed by atoms with Crippen LogP contribution in [0.1, 0.15) is 43.1 Å². The molecule has 1 N–H and O–H groups in total. The summed E-state index contributed by atoms with van der Waals surface area (Å²) in [5.74, 6) is 0. The molecule has 1 rings (SSSR count). The molecule has 19 heavy (non-hydrogen) atoms. The summed E-state index contributed by atoms with van der Waals surface area (Å²) in [4.78, 5) is 4.30. The first-order chi connectivity index (χ1) is 9.19. The van der Waals surface area contributed by atoms with Crippen molar-refractivity contribution in [2.24, 2.45) is 0 Å². The van der Waals surface area contributed by atoms with Crippen LogP contribution in [0.4, 0.5) is 5.69 Å². The van der Waals surface area contributed by atoms with Crippen molar-refractivity contribution in [3.05, 3.63) is 23.0 Å². The maximum absolute atomic E-state index is 9.14. The topological polar surface area (TPSA) is 57.9 Å². The number of nitriles is 1. The Balaban J connectivity index is 2.39. The Bertz CT molecular complexity index is 438. The molecule has 0 amide bonds. The maximum Gasteiger partial charge on any atom is 0.103 e.